The first-order valence-electron chi connectivity index (χ1n) is 12.3. The molecule has 0 fully saturated rings. The molecule has 0 amide bonds. The lowest BCUT2D eigenvalue weighted by atomic mass is 9.94. The lowest BCUT2D eigenvalue weighted by molar-refractivity contribution is 0.365. The third-order valence-corrected chi connectivity index (χ3v) is 7.45. The molecule has 0 N–H and O–H groups in total. The third kappa shape index (κ3) is 7.09. The number of unbranched alkanes of at least 4 members (excludes halogenated alkanes) is 8. The quantitative estimate of drug-likeness (QED) is 0.177. The number of hydrogen-bond acceptors (Lipinski definition) is 0. The van der Waals surface area contributed by atoms with E-state index in [1.807, 2.05) is 0 Å². The molecule has 3 rings (SSSR count). The SMILES string of the molecule is CCCCCCCCC(CCCCCC)Cn1c2c[c]c(Br)cc2c2cc(Br)[c]cc21. The first-order valence-corrected chi connectivity index (χ1v) is 13.9. The number of halogens is 2. The summed E-state index contributed by atoms with van der Waals surface area (Å²) in [6.07, 6.45) is 16.4. The van der Waals surface area contributed by atoms with Crippen molar-refractivity contribution in [3.63, 3.8) is 0 Å². The molecule has 3 aromatic rings. The van der Waals surface area contributed by atoms with Gasteiger partial charge in [-0.1, -0.05) is 110 Å². The Labute approximate surface area is 206 Å². The van der Waals surface area contributed by atoms with Crippen molar-refractivity contribution in [2.24, 2.45) is 5.92 Å². The summed E-state index contributed by atoms with van der Waals surface area (Å²) in [7, 11) is 0. The lowest BCUT2D eigenvalue weighted by Crippen LogP contribution is -2.11. The Morgan fingerprint density at radius 3 is 1.68 bits per heavy atom. The van der Waals surface area contributed by atoms with Crippen molar-refractivity contribution >= 4 is 53.7 Å². The highest BCUT2D eigenvalue weighted by Gasteiger charge is 2.16. The Morgan fingerprint density at radius 1 is 0.710 bits per heavy atom. The fraction of sp³-hybridized carbons (Fsp3) is 0.571. The predicted molar refractivity (Wildman–Crippen MR) is 143 cm³/mol. The van der Waals surface area contributed by atoms with Crippen molar-refractivity contribution < 1.29 is 0 Å². The van der Waals surface area contributed by atoms with Gasteiger partial charge in [0, 0.05) is 37.3 Å². The maximum Gasteiger partial charge on any atom is 0.0498 e. The molecule has 1 aromatic heterocycles. The fourth-order valence-corrected chi connectivity index (χ4v) is 5.46. The predicted octanol–water partition coefficient (Wildman–Crippen LogP) is 10.3. The van der Waals surface area contributed by atoms with Gasteiger partial charge in [0.15, 0.2) is 0 Å². The molecule has 1 heterocycles. The van der Waals surface area contributed by atoms with Gasteiger partial charge in [-0.2, -0.15) is 0 Å². The van der Waals surface area contributed by atoms with Gasteiger partial charge in [-0.05, 0) is 55.2 Å². The Kier molecular flexibility index (Phi) is 10.4. The van der Waals surface area contributed by atoms with Crippen molar-refractivity contribution in [3.05, 3.63) is 45.3 Å². The molecule has 0 aliphatic rings. The Bertz CT molecular complexity index is 884. The van der Waals surface area contributed by atoms with Crippen LogP contribution in [0.5, 0.6) is 0 Å². The molecule has 0 aliphatic carbocycles. The van der Waals surface area contributed by atoms with Crippen LogP contribution < -0.4 is 0 Å². The lowest BCUT2D eigenvalue weighted by Gasteiger charge is -2.19. The average Bonchev–Trinajstić information content (AvgIpc) is 3.05. The molecule has 168 valence electrons. The summed E-state index contributed by atoms with van der Waals surface area (Å²) >= 11 is 7.24. The van der Waals surface area contributed by atoms with E-state index in [2.05, 4.69) is 86.7 Å². The molecule has 1 unspecified atom stereocenters. The summed E-state index contributed by atoms with van der Waals surface area (Å²) < 4.78 is 4.58. The van der Waals surface area contributed by atoms with E-state index in [0.29, 0.717) is 0 Å². The number of nitrogens with zero attached hydrogens (tertiary/aromatic N) is 1. The van der Waals surface area contributed by atoms with Gasteiger partial charge in [0.2, 0.25) is 0 Å². The zero-order valence-corrected chi connectivity index (χ0v) is 22.5. The average molecular weight is 547 g/mol. The summed E-state index contributed by atoms with van der Waals surface area (Å²) in [5.74, 6) is 0.745. The minimum atomic E-state index is 0.745. The van der Waals surface area contributed by atoms with Gasteiger partial charge < -0.3 is 4.57 Å². The van der Waals surface area contributed by atoms with Crippen LogP contribution in [0.4, 0.5) is 0 Å². The third-order valence-electron chi connectivity index (χ3n) is 6.53. The highest BCUT2D eigenvalue weighted by Crippen LogP contribution is 2.34. The van der Waals surface area contributed by atoms with Crippen LogP contribution in [-0.4, -0.2) is 4.57 Å². The number of aromatic nitrogens is 1. The first-order chi connectivity index (χ1) is 15.1. The van der Waals surface area contributed by atoms with E-state index < -0.39 is 0 Å². The van der Waals surface area contributed by atoms with Gasteiger partial charge in [0.1, 0.15) is 0 Å². The Hall–Kier alpha value is -0.800. The maximum absolute atomic E-state index is 3.62. The smallest absolute Gasteiger partial charge is 0.0498 e. The molecular weight excluding hydrogens is 510 g/mol. The minimum Gasteiger partial charge on any atom is -0.340 e. The summed E-state index contributed by atoms with van der Waals surface area (Å²) in [6, 6.07) is 15.5. The summed E-state index contributed by atoms with van der Waals surface area (Å²) in [5.41, 5.74) is 2.59. The summed E-state index contributed by atoms with van der Waals surface area (Å²) in [4.78, 5) is 0. The molecule has 0 saturated heterocycles. The molecule has 1 nitrogen and oxygen atoms in total. The molecular formula is C28H37Br2N. The van der Waals surface area contributed by atoms with Crippen molar-refractivity contribution in [1.82, 2.24) is 4.57 Å². The minimum absolute atomic E-state index is 0.745. The topological polar surface area (TPSA) is 4.93 Å². The van der Waals surface area contributed by atoms with Crippen LogP contribution in [0, 0.1) is 18.1 Å². The Morgan fingerprint density at radius 2 is 1.16 bits per heavy atom. The van der Waals surface area contributed by atoms with Crippen molar-refractivity contribution in [1.29, 1.82) is 0 Å². The van der Waals surface area contributed by atoms with Crippen LogP contribution in [0.3, 0.4) is 0 Å². The van der Waals surface area contributed by atoms with Crippen molar-refractivity contribution in [2.75, 3.05) is 0 Å². The monoisotopic (exact) mass is 545 g/mol. The number of hydrogen-bond donors (Lipinski definition) is 0. The summed E-state index contributed by atoms with van der Waals surface area (Å²) in [5, 5.41) is 2.61. The molecule has 0 aliphatic heterocycles. The fourth-order valence-electron chi connectivity index (χ4n) is 4.78. The molecule has 0 saturated carbocycles. The molecule has 0 bridgehead atoms. The van der Waals surface area contributed by atoms with Gasteiger partial charge in [-0.3, -0.25) is 0 Å². The largest absolute Gasteiger partial charge is 0.340 e. The second-order valence-corrected chi connectivity index (χ2v) is 10.8. The van der Waals surface area contributed by atoms with E-state index in [4.69, 9.17) is 0 Å². The molecule has 3 heteroatoms. The second kappa shape index (κ2) is 13.0. The van der Waals surface area contributed by atoms with Crippen LogP contribution >= 0.6 is 31.9 Å². The van der Waals surface area contributed by atoms with Crippen LogP contribution in [0.2, 0.25) is 0 Å². The zero-order chi connectivity index (χ0) is 22.1. The van der Waals surface area contributed by atoms with E-state index in [1.165, 1.54) is 98.9 Å². The molecule has 0 spiro atoms. The normalized spacial score (nSPS) is 12.8. The molecule has 2 aromatic carbocycles. The first kappa shape index (κ1) is 24.8. The number of benzene rings is 2. The molecule has 31 heavy (non-hydrogen) atoms. The maximum atomic E-state index is 3.62. The van der Waals surface area contributed by atoms with Crippen molar-refractivity contribution in [3.8, 4) is 0 Å². The van der Waals surface area contributed by atoms with Crippen LogP contribution in [-0.2, 0) is 6.54 Å². The van der Waals surface area contributed by atoms with E-state index in [-0.39, 0.29) is 0 Å². The Balaban J connectivity index is 1.79. The van der Waals surface area contributed by atoms with Gasteiger partial charge in [0.25, 0.3) is 0 Å². The van der Waals surface area contributed by atoms with Crippen molar-refractivity contribution in [2.45, 2.75) is 97.4 Å². The number of fused-ring (bicyclic) bond motifs is 3. The van der Waals surface area contributed by atoms with Crippen LogP contribution in [0.15, 0.2) is 33.2 Å². The zero-order valence-electron chi connectivity index (χ0n) is 19.3. The standard InChI is InChI=1S/C28H37Br2N/c1-3-5-7-9-10-12-14-22(13-11-8-6-4-2)21-31-27-17-15-23(29)19-25(27)26-20-24(30)16-18-28(26)31/h17-20,22H,3-14,21H2,1-2H3. The van der Waals surface area contributed by atoms with E-state index in [1.54, 1.807) is 0 Å². The van der Waals surface area contributed by atoms with Crippen LogP contribution in [0.25, 0.3) is 21.8 Å². The van der Waals surface area contributed by atoms with E-state index >= 15 is 0 Å². The van der Waals surface area contributed by atoms with E-state index in [0.717, 1.165) is 21.4 Å². The van der Waals surface area contributed by atoms with Gasteiger partial charge in [0.05, 0.1) is 0 Å². The highest BCUT2D eigenvalue weighted by molar-refractivity contribution is 9.10. The van der Waals surface area contributed by atoms with Gasteiger partial charge >= 0.3 is 0 Å². The van der Waals surface area contributed by atoms with Gasteiger partial charge in [-0.15, -0.1) is 0 Å². The van der Waals surface area contributed by atoms with Gasteiger partial charge in [-0.25, -0.2) is 0 Å². The number of rotatable bonds is 14. The molecule has 2 radical (unpaired) electrons. The highest BCUT2D eigenvalue weighted by atomic mass is 79.9. The van der Waals surface area contributed by atoms with Crippen LogP contribution in [0.1, 0.15) is 90.9 Å². The summed E-state index contributed by atoms with van der Waals surface area (Å²) in [6.45, 7) is 5.70. The van der Waals surface area contributed by atoms with E-state index in [9.17, 15) is 0 Å². The molecule has 1 atom stereocenters. The second-order valence-electron chi connectivity index (χ2n) is 9.04.